The Morgan fingerprint density at radius 2 is 1.89 bits per heavy atom. The number of benzene rings is 1. The Balaban J connectivity index is 2.33. The molecule has 1 N–H and O–H groups in total. The molecule has 150 valence electrons. The number of halogens is 1. The maximum atomic E-state index is 13.0. The lowest BCUT2D eigenvalue weighted by molar-refractivity contribution is -0.133. The molecule has 1 saturated heterocycles. The van der Waals surface area contributed by atoms with Crippen LogP contribution in [0.5, 0.6) is 0 Å². The highest BCUT2D eigenvalue weighted by Gasteiger charge is 2.45. The van der Waals surface area contributed by atoms with E-state index >= 15 is 0 Å². The third-order valence-corrected chi connectivity index (χ3v) is 5.45. The molecule has 1 aromatic rings. The highest BCUT2D eigenvalue weighted by molar-refractivity contribution is 14.1. The van der Waals surface area contributed by atoms with E-state index in [-0.39, 0.29) is 18.0 Å². The molecule has 0 aromatic heterocycles. The molecule has 5 nitrogen and oxygen atoms in total. The molecule has 1 aromatic carbocycles. The summed E-state index contributed by atoms with van der Waals surface area (Å²) in [5, 5.41) is 3.18. The molecule has 0 unspecified atom stereocenters. The number of carbonyl (C=O) groups excluding carboxylic acids is 2. The normalized spacial score (nSPS) is 23.3. The van der Waals surface area contributed by atoms with Gasteiger partial charge in [0.2, 0.25) is 5.91 Å². The number of nitrogens with zero attached hydrogens (tertiary/aromatic N) is 1. The fraction of sp³-hybridized carbons (Fsp3) is 0.619. The molecule has 0 radical (unpaired) electrons. The molecule has 1 aliphatic heterocycles. The minimum atomic E-state index is -0.599. The molecule has 2 rings (SSSR count). The summed E-state index contributed by atoms with van der Waals surface area (Å²) in [7, 11) is 0. The van der Waals surface area contributed by atoms with E-state index in [0.29, 0.717) is 18.8 Å². The lowest BCUT2D eigenvalue weighted by Crippen LogP contribution is -2.68. The molecule has 1 heterocycles. The van der Waals surface area contributed by atoms with Gasteiger partial charge in [0, 0.05) is 4.43 Å². The first-order chi connectivity index (χ1) is 12.6. The van der Waals surface area contributed by atoms with Gasteiger partial charge in [0.25, 0.3) is 0 Å². The Hall–Kier alpha value is -1.31. The second kappa shape index (κ2) is 9.26. The summed E-state index contributed by atoms with van der Waals surface area (Å²) in [5.41, 5.74) is 0.544. The lowest BCUT2D eigenvalue weighted by atomic mass is 9.91. The van der Waals surface area contributed by atoms with Gasteiger partial charge >= 0.3 is 6.09 Å². The van der Waals surface area contributed by atoms with Crippen LogP contribution in [-0.4, -0.2) is 45.1 Å². The number of hydrogen-bond donors (Lipinski definition) is 1. The Morgan fingerprint density at radius 1 is 1.26 bits per heavy atom. The highest BCUT2D eigenvalue weighted by atomic mass is 127. The van der Waals surface area contributed by atoms with Crippen molar-refractivity contribution >= 4 is 34.6 Å². The first-order valence-corrected chi connectivity index (χ1v) is 11.1. The average Bonchev–Trinajstić information content (AvgIpc) is 2.55. The number of rotatable bonds is 5. The summed E-state index contributed by atoms with van der Waals surface area (Å²) in [5.74, 6) is 0.211. The first kappa shape index (κ1) is 22.0. The van der Waals surface area contributed by atoms with Crippen molar-refractivity contribution in [2.75, 3.05) is 4.43 Å². The summed E-state index contributed by atoms with van der Waals surface area (Å²) < 4.78 is 6.40. The summed E-state index contributed by atoms with van der Waals surface area (Å²) in [6.07, 6.45) is 0.909. The number of alkyl halides is 1. The lowest BCUT2D eigenvalue weighted by Gasteiger charge is -2.46. The average molecular weight is 486 g/mol. The minimum absolute atomic E-state index is 0.0865. The van der Waals surface area contributed by atoms with E-state index < -0.39 is 17.7 Å². The second-order valence-corrected chi connectivity index (χ2v) is 9.44. The highest BCUT2D eigenvalue weighted by Crippen LogP contribution is 2.27. The number of ether oxygens (including phenoxy) is 1. The molecule has 2 amide bonds. The molecule has 27 heavy (non-hydrogen) atoms. The Morgan fingerprint density at radius 3 is 2.41 bits per heavy atom. The molecule has 0 bridgehead atoms. The van der Waals surface area contributed by atoms with E-state index in [0.717, 1.165) is 9.99 Å². The van der Waals surface area contributed by atoms with Crippen LogP contribution in [0.1, 0.15) is 46.6 Å². The smallest absolute Gasteiger partial charge is 0.411 e. The number of amides is 2. The van der Waals surface area contributed by atoms with Crippen molar-refractivity contribution in [1.82, 2.24) is 10.2 Å². The molecular weight excluding hydrogens is 455 g/mol. The number of piperazine rings is 1. The van der Waals surface area contributed by atoms with Crippen molar-refractivity contribution in [3.8, 4) is 0 Å². The summed E-state index contributed by atoms with van der Waals surface area (Å²) in [6, 6.07) is 9.33. The van der Waals surface area contributed by atoms with Crippen molar-refractivity contribution in [2.45, 2.75) is 71.2 Å². The molecule has 1 aliphatic rings. The van der Waals surface area contributed by atoms with Crippen molar-refractivity contribution in [3.63, 3.8) is 0 Å². The van der Waals surface area contributed by atoms with Gasteiger partial charge in [-0.15, -0.1) is 0 Å². The van der Waals surface area contributed by atoms with E-state index in [1.807, 2.05) is 39.0 Å². The van der Waals surface area contributed by atoms with Gasteiger partial charge in [-0.2, -0.15) is 0 Å². The van der Waals surface area contributed by atoms with Crippen molar-refractivity contribution in [3.05, 3.63) is 35.9 Å². The zero-order valence-corrected chi connectivity index (χ0v) is 19.0. The Labute approximate surface area is 176 Å². The number of carbonyl (C=O) groups is 2. The van der Waals surface area contributed by atoms with Crippen LogP contribution in [-0.2, 0) is 16.0 Å². The topological polar surface area (TPSA) is 58.6 Å². The molecular formula is C21H31IN2O3. The number of nitrogens with one attached hydrogen (secondary N) is 1. The summed E-state index contributed by atoms with van der Waals surface area (Å²) >= 11 is 2.30. The van der Waals surface area contributed by atoms with Crippen LogP contribution in [0.3, 0.4) is 0 Å². The van der Waals surface area contributed by atoms with Crippen LogP contribution in [0.2, 0.25) is 0 Å². The molecule has 0 spiro atoms. The van der Waals surface area contributed by atoms with Crippen LogP contribution in [0, 0.1) is 5.92 Å². The standard InChI is InChI=1S/C21H31IN2O3/c1-14(2)11-17-19(25)23-16(12-15-9-7-6-8-10-15)18(13-22)24(17)20(26)27-21(3,4)5/h6-10,14,16-18H,11-13H2,1-5H3,(H,23,25)/t16-,17-,18+/m0/s1. The zero-order chi connectivity index (χ0) is 20.2. The van der Waals surface area contributed by atoms with E-state index in [9.17, 15) is 9.59 Å². The maximum Gasteiger partial charge on any atom is 0.411 e. The molecule has 1 fully saturated rings. The van der Waals surface area contributed by atoms with Crippen LogP contribution in [0.15, 0.2) is 30.3 Å². The number of hydrogen-bond acceptors (Lipinski definition) is 3. The summed E-state index contributed by atoms with van der Waals surface area (Å²) in [4.78, 5) is 27.6. The monoisotopic (exact) mass is 486 g/mol. The maximum absolute atomic E-state index is 13.0. The molecule has 6 heteroatoms. The molecule has 0 aliphatic carbocycles. The largest absolute Gasteiger partial charge is 0.444 e. The van der Waals surface area contributed by atoms with Crippen LogP contribution < -0.4 is 5.32 Å². The van der Waals surface area contributed by atoms with Gasteiger partial charge in [-0.05, 0) is 45.1 Å². The van der Waals surface area contributed by atoms with Crippen molar-refractivity contribution < 1.29 is 14.3 Å². The van der Waals surface area contributed by atoms with Crippen molar-refractivity contribution in [1.29, 1.82) is 0 Å². The second-order valence-electron chi connectivity index (χ2n) is 8.56. The van der Waals surface area contributed by atoms with Gasteiger partial charge in [-0.3, -0.25) is 9.69 Å². The SMILES string of the molecule is CC(C)C[C@H]1C(=O)N[C@@H](Cc2ccccc2)[C@@H](CI)N1C(=O)OC(C)(C)C. The van der Waals surface area contributed by atoms with E-state index in [2.05, 4.69) is 53.9 Å². The van der Waals surface area contributed by atoms with Gasteiger partial charge in [0.15, 0.2) is 0 Å². The van der Waals surface area contributed by atoms with E-state index in [4.69, 9.17) is 4.74 Å². The van der Waals surface area contributed by atoms with Gasteiger partial charge in [-0.25, -0.2) is 4.79 Å². The van der Waals surface area contributed by atoms with Crippen molar-refractivity contribution in [2.24, 2.45) is 5.92 Å². The predicted octanol–water partition coefficient (Wildman–Crippen LogP) is 4.18. The van der Waals surface area contributed by atoms with Crippen LogP contribution in [0.25, 0.3) is 0 Å². The van der Waals surface area contributed by atoms with Gasteiger partial charge in [0.05, 0.1) is 12.1 Å². The fourth-order valence-electron chi connectivity index (χ4n) is 3.41. The quantitative estimate of drug-likeness (QED) is 0.502. The van der Waals surface area contributed by atoms with Gasteiger partial charge in [-0.1, -0.05) is 66.8 Å². The van der Waals surface area contributed by atoms with Crippen LogP contribution >= 0.6 is 22.6 Å². The van der Waals surface area contributed by atoms with Crippen LogP contribution in [0.4, 0.5) is 4.79 Å². The van der Waals surface area contributed by atoms with Gasteiger partial charge in [0.1, 0.15) is 11.6 Å². The Kier molecular flexibility index (Phi) is 7.54. The van der Waals surface area contributed by atoms with Gasteiger partial charge < -0.3 is 10.1 Å². The predicted molar refractivity (Wildman–Crippen MR) is 116 cm³/mol. The van der Waals surface area contributed by atoms with E-state index in [1.54, 1.807) is 4.90 Å². The first-order valence-electron chi connectivity index (χ1n) is 9.54. The van der Waals surface area contributed by atoms with E-state index in [1.165, 1.54) is 0 Å². The molecule has 3 atom stereocenters. The Bertz CT molecular complexity index is 643. The minimum Gasteiger partial charge on any atom is -0.444 e. The third kappa shape index (κ3) is 6.09. The molecule has 0 saturated carbocycles. The third-order valence-electron chi connectivity index (χ3n) is 4.54. The summed E-state index contributed by atoms with van der Waals surface area (Å²) in [6.45, 7) is 9.69. The fourth-order valence-corrected chi connectivity index (χ4v) is 4.45. The zero-order valence-electron chi connectivity index (χ0n) is 16.9.